The summed E-state index contributed by atoms with van der Waals surface area (Å²) in [6.45, 7) is 4.13. The molecule has 3 heteroatoms. The third kappa shape index (κ3) is 2.47. The molecule has 0 saturated carbocycles. The molecular formula is C17H17NOS. The standard InChI is InChI=1S/C17H17NOS/c1-11-6-5-7-13(12(11)2)15(19)10-17-18-14-8-3-4-9-16(14)20-17/h3-9,15,19H,10H2,1-2H3. The minimum atomic E-state index is -0.490. The lowest BCUT2D eigenvalue weighted by Gasteiger charge is -2.14. The highest BCUT2D eigenvalue weighted by molar-refractivity contribution is 7.18. The van der Waals surface area contributed by atoms with Gasteiger partial charge in [0.25, 0.3) is 0 Å². The van der Waals surface area contributed by atoms with E-state index < -0.39 is 6.10 Å². The van der Waals surface area contributed by atoms with Crippen LogP contribution in [-0.4, -0.2) is 10.1 Å². The Hall–Kier alpha value is -1.71. The van der Waals surface area contributed by atoms with Crippen LogP contribution in [0.15, 0.2) is 42.5 Å². The maximum atomic E-state index is 10.5. The number of aliphatic hydroxyl groups is 1. The lowest BCUT2D eigenvalue weighted by atomic mass is 9.98. The summed E-state index contributed by atoms with van der Waals surface area (Å²) in [7, 11) is 0. The average molecular weight is 283 g/mol. The fraction of sp³-hybridized carbons (Fsp3) is 0.235. The number of fused-ring (bicyclic) bond motifs is 1. The van der Waals surface area contributed by atoms with Crippen LogP contribution < -0.4 is 0 Å². The molecule has 1 heterocycles. The highest BCUT2D eigenvalue weighted by Gasteiger charge is 2.14. The molecule has 1 atom stereocenters. The zero-order chi connectivity index (χ0) is 14.1. The van der Waals surface area contributed by atoms with Gasteiger partial charge in [-0.3, -0.25) is 0 Å². The van der Waals surface area contributed by atoms with Crippen molar-refractivity contribution in [3.63, 3.8) is 0 Å². The van der Waals surface area contributed by atoms with Gasteiger partial charge in [-0.2, -0.15) is 0 Å². The number of hydrogen-bond donors (Lipinski definition) is 1. The number of rotatable bonds is 3. The van der Waals surface area contributed by atoms with Crippen molar-refractivity contribution in [1.29, 1.82) is 0 Å². The van der Waals surface area contributed by atoms with Gasteiger partial charge in [0.15, 0.2) is 0 Å². The van der Waals surface area contributed by atoms with Gasteiger partial charge >= 0.3 is 0 Å². The maximum Gasteiger partial charge on any atom is 0.0967 e. The van der Waals surface area contributed by atoms with Crippen molar-refractivity contribution in [2.45, 2.75) is 26.4 Å². The van der Waals surface area contributed by atoms with Gasteiger partial charge < -0.3 is 5.11 Å². The Balaban J connectivity index is 1.88. The van der Waals surface area contributed by atoms with Crippen molar-refractivity contribution in [2.24, 2.45) is 0 Å². The number of aryl methyl sites for hydroxylation is 1. The van der Waals surface area contributed by atoms with Crippen LogP contribution in [0.4, 0.5) is 0 Å². The van der Waals surface area contributed by atoms with Crippen molar-refractivity contribution in [3.05, 3.63) is 64.2 Å². The van der Waals surface area contributed by atoms with E-state index in [2.05, 4.69) is 31.0 Å². The summed E-state index contributed by atoms with van der Waals surface area (Å²) in [6, 6.07) is 14.2. The zero-order valence-corrected chi connectivity index (χ0v) is 12.4. The molecular weight excluding hydrogens is 266 g/mol. The van der Waals surface area contributed by atoms with Crippen molar-refractivity contribution in [3.8, 4) is 0 Å². The third-order valence-corrected chi connectivity index (χ3v) is 4.77. The Morgan fingerprint density at radius 2 is 1.90 bits per heavy atom. The zero-order valence-electron chi connectivity index (χ0n) is 11.6. The second-order valence-corrected chi connectivity index (χ2v) is 6.20. The summed E-state index contributed by atoms with van der Waals surface area (Å²) in [6.07, 6.45) is 0.0827. The van der Waals surface area contributed by atoms with Gasteiger partial charge in [-0.25, -0.2) is 4.98 Å². The van der Waals surface area contributed by atoms with Crippen LogP contribution in [-0.2, 0) is 6.42 Å². The van der Waals surface area contributed by atoms with Crippen LogP contribution in [0.5, 0.6) is 0 Å². The molecule has 0 aliphatic rings. The molecule has 0 amide bonds. The molecule has 0 aliphatic heterocycles. The van der Waals surface area contributed by atoms with Gasteiger partial charge in [-0.05, 0) is 42.7 Å². The van der Waals surface area contributed by atoms with Gasteiger partial charge in [0.1, 0.15) is 0 Å². The summed E-state index contributed by atoms with van der Waals surface area (Å²) in [5.41, 5.74) is 4.40. The number of benzene rings is 2. The molecule has 3 aromatic rings. The normalized spacial score (nSPS) is 12.8. The van der Waals surface area contributed by atoms with Crippen molar-refractivity contribution >= 4 is 21.6 Å². The molecule has 3 rings (SSSR count). The van der Waals surface area contributed by atoms with Gasteiger partial charge in [-0.15, -0.1) is 11.3 Å². The largest absolute Gasteiger partial charge is 0.388 e. The smallest absolute Gasteiger partial charge is 0.0967 e. The third-order valence-electron chi connectivity index (χ3n) is 3.71. The molecule has 2 aromatic carbocycles. The van der Waals surface area contributed by atoms with Crippen LogP contribution in [0, 0.1) is 13.8 Å². The van der Waals surface area contributed by atoms with E-state index in [4.69, 9.17) is 0 Å². The summed E-state index contributed by atoms with van der Waals surface area (Å²) in [5, 5.41) is 11.5. The van der Waals surface area contributed by atoms with Gasteiger partial charge in [0, 0.05) is 6.42 Å². The van der Waals surface area contributed by atoms with E-state index in [9.17, 15) is 5.11 Å². The second-order valence-electron chi connectivity index (χ2n) is 5.08. The van der Waals surface area contributed by atoms with Crippen LogP contribution in [0.1, 0.15) is 27.8 Å². The molecule has 0 spiro atoms. The Bertz CT molecular complexity index is 715. The number of thiazole rings is 1. The Kier molecular flexibility index (Phi) is 3.55. The lowest BCUT2D eigenvalue weighted by Crippen LogP contribution is -2.04. The van der Waals surface area contributed by atoms with Crippen molar-refractivity contribution < 1.29 is 5.11 Å². The van der Waals surface area contributed by atoms with Crippen LogP contribution in [0.3, 0.4) is 0 Å². The summed E-state index contributed by atoms with van der Waals surface area (Å²) < 4.78 is 1.18. The minimum Gasteiger partial charge on any atom is -0.388 e. The number of aromatic nitrogens is 1. The second kappa shape index (κ2) is 5.35. The predicted molar refractivity (Wildman–Crippen MR) is 84.2 cm³/mol. The minimum absolute atomic E-state index is 0.490. The SMILES string of the molecule is Cc1cccc(C(O)Cc2nc3ccccc3s2)c1C. The van der Waals surface area contributed by atoms with E-state index in [0.717, 1.165) is 16.1 Å². The number of para-hydroxylation sites is 1. The first-order valence-corrected chi connectivity index (χ1v) is 7.55. The van der Waals surface area contributed by atoms with E-state index in [-0.39, 0.29) is 0 Å². The summed E-state index contributed by atoms with van der Waals surface area (Å²) in [4.78, 5) is 4.59. The van der Waals surface area contributed by atoms with Crippen LogP contribution >= 0.6 is 11.3 Å². The van der Waals surface area contributed by atoms with Gasteiger partial charge in [0.2, 0.25) is 0 Å². The molecule has 1 aromatic heterocycles. The lowest BCUT2D eigenvalue weighted by molar-refractivity contribution is 0.177. The number of aliphatic hydroxyl groups excluding tert-OH is 1. The van der Waals surface area contributed by atoms with Crippen LogP contribution in [0.2, 0.25) is 0 Å². The predicted octanol–water partition coefficient (Wildman–Crippen LogP) is 4.19. The monoisotopic (exact) mass is 283 g/mol. The number of hydrogen-bond acceptors (Lipinski definition) is 3. The summed E-state index contributed by atoms with van der Waals surface area (Å²) in [5.74, 6) is 0. The van der Waals surface area contributed by atoms with Gasteiger partial charge in [-0.1, -0.05) is 30.3 Å². The molecule has 0 fully saturated rings. The maximum absolute atomic E-state index is 10.5. The van der Waals surface area contributed by atoms with E-state index >= 15 is 0 Å². The van der Waals surface area contributed by atoms with E-state index in [1.54, 1.807) is 11.3 Å². The van der Waals surface area contributed by atoms with E-state index in [1.807, 2.05) is 30.3 Å². The average Bonchev–Trinajstić information content (AvgIpc) is 2.83. The Morgan fingerprint density at radius 1 is 1.10 bits per heavy atom. The molecule has 102 valence electrons. The molecule has 0 radical (unpaired) electrons. The molecule has 1 N–H and O–H groups in total. The first-order valence-electron chi connectivity index (χ1n) is 6.74. The molecule has 0 bridgehead atoms. The quantitative estimate of drug-likeness (QED) is 0.782. The van der Waals surface area contributed by atoms with Crippen molar-refractivity contribution in [2.75, 3.05) is 0 Å². The topological polar surface area (TPSA) is 33.1 Å². The Labute approximate surface area is 122 Å². The molecule has 0 saturated heterocycles. The number of nitrogens with zero attached hydrogens (tertiary/aromatic N) is 1. The first kappa shape index (κ1) is 13.3. The molecule has 0 aliphatic carbocycles. The molecule has 20 heavy (non-hydrogen) atoms. The molecule has 2 nitrogen and oxygen atoms in total. The Morgan fingerprint density at radius 3 is 2.70 bits per heavy atom. The van der Waals surface area contributed by atoms with Gasteiger partial charge in [0.05, 0.1) is 21.3 Å². The molecule has 1 unspecified atom stereocenters. The first-order chi connectivity index (χ1) is 9.65. The van der Waals surface area contributed by atoms with Crippen LogP contribution in [0.25, 0.3) is 10.2 Å². The fourth-order valence-electron chi connectivity index (χ4n) is 2.42. The summed E-state index contributed by atoms with van der Waals surface area (Å²) >= 11 is 1.66. The highest BCUT2D eigenvalue weighted by atomic mass is 32.1. The fourth-order valence-corrected chi connectivity index (χ4v) is 3.42. The van der Waals surface area contributed by atoms with Crippen molar-refractivity contribution in [1.82, 2.24) is 4.98 Å². The van der Waals surface area contributed by atoms with E-state index in [0.29, 0.717) is 6.42 Å². The van der Waals surface area contributed by atoms with E-state index in [1.165, 1.54) is 15.8 Å². The highest BCUT2D eigenvalue weighted by Crippen LogP contribution is 2.28.